The summed E-state index contributed by atoms with van der Waals surface area (Å²) < 4.78 is 5.26. The van der Waals surface area contributed by atoms with E-state index in [9.17, 15) is 0 Å². The quantitative estimate of drug-likeness (QED) is 0.890. The monoisotopic (exact) mass is 237 g/mol. The number of nitrogen functional groups attached to an aromatic ring is 1. The van der Waals surface area contributed by atoms with E-state index >= 15 is 0 Å². The molecule has 2 aromatic rings. The molecule has 0 aliphatic heterocycles. The van der Waals surface area contributed by atoms with E-state index in [4.69, 9.17) is 10.3 Å². The lowest BCUT2D eigenvalue weighted by Gasteiger charge is -1.98. The molecule has 5 heteroatoms. The summed E-state index contributed by atoms with van der Waals surface area (Å²) in [6.45, 7) is 6.19. The van der Waals surface area contributed by atoms with Gasteiger partial charge in [0.05, 0.1) is 9.88 Å². The second-order valence-electron chi connectivity index (χ2n) is 3.93. The molecule has 4 nitrogen and oxygen atoms in total. The molecule has 0 aromatic carbocycles. The Kier molecular flexibility index (Phi) is 2.96. The van der Waals surface area contributed by atoms with Crippen LogP contribution in [0.3, 0.4) is 0 Å². The molecule has 0 aliphatic carbocycles. The Balaban J connectivity index is 2.35. The third-order valence-corrected chi connectivity index (χ3v) is 3.68. The van der Waals surface area contributed by atoms with Crippen LogP contribution in [-0.2, 0) is 0 Å². The number of nitrogens with two attached hydrogens (primary N) is 1. The highest BCUT2D eigenvalue weighted by Gasteiger charge is 2.16. The highest BCUT2D eigenvalue weighted by atomic mass is 32.1. The largest absolute Gasteiger partial charge is 0.391 e. The Labute approximate surface area is 98.5 Å². The molecule has 2 rings (SSSR count). The average Bonchev–Trinajstić information content (AvgIpc) is 2.83. The number of anilines is 1. The third kappa shape index (κ3) is 1.95. The molecule has 0 radical (unpaired) electrons. The molecule has 16 heavy (non-hydrogen) atoms. The van der Waals surface area contributed by atoms with Crippen LogP contribution < -0.4 is 5.73 Å². The average molecular weight is 237 g/mol. The first-order valence-electron chi connectivity index (χ1n) is 5.31. The Bertz CT molecular complexity index is 489. The van der Waals surface area contributed by atoms with Gasteiger partial charge < -0.3 is 10.3 Å². The van der Waals surface area contributed by atoms with E-state index in [1.165, 1.54) is 11.3 Å². The molecular formula is C11H15N3OS. The van der Waals surface area contributed by atoms with Crippen LogP contribution in [0.25, 0.3) is 10.8 Å². The van der Waals surface area contributed by atoms with Crippen LogP contribution >= 0.6 is 11.3 Å². The second-order valence-corrected chi connectivity index (χ2v) is 5.01. The zero-order chi connectivity index (χ0) is 11.7. The maximum absolute atomic E-state index is 5.74. The molecule has 0 bridgehead atoms. The SMILES string of the molecule is CCC(C)c1noc(-c2sc(N)cc2C)n1. The van der Waals surface area contributed by atoms with E-state index in [0.29, 0.717) is 11.8 Å². The number of hydrogen-bond donors (Lipinski definition) is 1. The summed E-state index contributed by atoms with van der Waals surface area (Å²) in [5.74, 6) is 1.67. The predicted octanol–water partition coefficient (Wildman–Crippen LogP) is 3.20. The van der Waals surface area contributed by atoms with Gasteiger partial charge in [0.2, 0.25) is 0 Å². The van der Waals surface area contributed by atoms with E-state index in [-0.39, 0.29) is 0 Å². The van der Waals surface area contributed by atoms with Gasteiger partial charge >= 0.3 is 0 Å². The first-order valence-corrected chi connectivity index (χ1v) is 6.13. The Hall–Kier alpha value is -1.36. The number of aromatic nitrogens is 2. The standard InChI is InChI=1S/C11H15N3OS/c1-4-6(2)10-13-11(15-14-10)9-7(3)5-8(12)16-9/h5-6H,4,12H2,1-3H3. The van der Waals surface area contributed by atoms with E-state index in [0.717, 1.165) is 27.7 Å². The van der Waals surface area contributed by atoms with E-state index < -0.39 is 0 Å². The van der Waals surface area contributed by atoms with Crippen LogP contribution in [0.5, 0.6) is 0 Å². The van der Waals surface area contributed by atoms with Crippen LogP contribution in [0, 0.1) is 6.92 Å². The number of rotatable bonds is 3. The minimum absolute atomic E-state index is 0.329. The second kappa shape index (κ2) is 4.25. The molecule has 0 spiro atoms. The molecule has 86 valence electrons. The maximum atomic E-state index is 5.74. The van der Waals surface area contributed by atoms with Crippen molar-refractivity contribution in [2.75, 3.05) is 5.73 Å². The zero-order valence-electron chi connectivity index (χ0n) is 9.65. The van der Waals surface area contributed by atoms with Gasteiger partial charge in [-0.25, -0.2) is 0 Å². The lowest BCUT2D eigenvalue weighted by atomic mass is 10.1. The van der Waals surface area contributed by atoms with Crippen LogP contribution in [-0.4, -0.2) is 10.1 Å². The molecular weight excluding hydrogens is 222 g/mol. The topological polar surface area (TPSA) is 64.9 Å². The third-order valence-electron chi connectivity index (χ3n) is 2.63. The summed E-state index contributed by atoms with van der Waals surface area (Å²) in [6, 6.07) is 1.92. The number of nitrogens with zero attached hydrogens (tertiary/aromatic N) is 2. The molecule has 1 atom stereocenters. The Morgan fingerprint density at radius 2 is 2.31 bits per heavy atom. The van der Waals surface area contributed by atoms with Crippen molar-refractivity contribution in [2.45, 2.75) is 33.1 Å². The van der Waals surface area contributed by atoms with Gasteiger partial charge in [0.1, 0.15) is 0 Å². The first kappa shape index (κ1) is 11.1. The Morgan fingerprint density at radius 3 is 2.88 bits per heavy atom. The van der Waals surface area contributed by atoms with Crippen LogP contribution in [0.2, 0.25) is 0 Å². The minimum Gasteiger partial charge on any atom is -0.391 e. The van der Waals surface area contributed by atoms with Crippen molar-refractivity contribution in [3.63, 3.8) is 0 Å². The molecule has 2 N–H and O–H groups in total. The highest BCUT2D eigenvalue weighted by Crippen LogP contribution is 2.33. The number of thiophene rings is 1. The summed E-state index contributed by atoms with van der Waals surface area (Å²) >= 11 is 1.48. The molecule has 0 saturated heterocycles. The van der Waals surface area contributed by atoms with Gasteiger partial charge in [-0.2, -0.15) is 4.98 Å². The van der Waals surface area contributed by atoms with Crippen LogP contribution in [0.4, 0.5) is 5.00 Å². The first-order chi connectivity index (χ1) is 7.61. The number of aryl methyl sites for hydroxylation is 1. The van der Waals surface area contributed by atoms with E-state index in [2.05, 4.69) is 24.0 Å². The van der Waals surface area contributed by atoms with Gasteiger partial charge in [0.25, 0.3) is 5.89 Å². The molecule has 0 fully saturated rings. The van der Waals surface area contributed by atoms with Crippen molar-refractivity contribution in [1.82, 2.24) is 10.1 Å². The van der Waals surface area contributed by atoms with Gasteiger partial charge in [0, 0.05) is 5.92 Å². The number of hydrogen-bond acceptors (Lipinski definition) is 5. The van der Waals surface area contributed by atoms with Crippen molar-refractivity contribution >= 4 is 16.3 Å². The van der Waals surface area contributed by atoms with Crippen molar-refractivity contribution in [3.05, 3.63) is 17.5 Å². The van der Waals surface area contributed by atoms with Crippen molar-refractivity contribution in [2.24, 2.45) is 0 Å². The summed E-state index contributed by atoms with van der Waals surface area (Å²) in [4.78, 5) is 5.37. The van der Waals surface area contributed by atoms with Crippen molar-refractivity contribution < 1.29 is 4.52 Å². The van der Waals surface area contributed by atoms with Crippen molar-refractivity contribution in [1.29, 1.82) is 0 Å². The lowest BCUT2D eigenvalue weighted by Crippen LogP contribution is -1.93. The smallest absolute Gasteiger partial charge is 0.268 e. The Morgan fingerprint density at radius 1 is 1.56 bits per heavy atom. The fraction of sp³-hybridized carbons (Fsp3) is 0.455. The summed E-state index contributed by atoms with van der Waals surface area (Å²) in [7, 11) is 0. The predicted molar refractivity (Wildman–Crippen MR) is 65.5 cm³/mol. The highest BCUT2D eigenvalue weighted by molar-refractivity contribution is 7.19. The van der Waals surface area contributed by atoms with Gasteiger partial charge in [-0.15, -0.1) is 11.3 Å². The fourth-order valence-electron chi connectivity index (χ4n) is 1.43. The van der Waals surface area contributed by atoms with Gasteiger partial charge in [-0.05, 0) is 25.0 Å². The molecule has 0 aliphatic rings. The zero-order valence-corrected chi connectivity index (χ0v) is 10.5. The summed E-state index contributed by atoms with van der Waals surface area (Å²) in [6.07, 6.45) is 1.00. The van der Waals surface area contributed by atoms with Crippen LogP contribution in [0.1, 0.15) is 37.6 Å². The normalized spacial score (nSPS) is 12.9. The van der Waals surface area contributed by atoms with Gasteiger partial charge in [0.15, 0.2) is 5.82 Å². The van der Waals surface area contributed by atoms with Gasteiger partial charge in [-0.3, -0.25) is 0 Å². The molecule has 2 heterocycles. The lowest BCUT2D eigenvalue weighted by molar-refractivity contribution is 0.417. The van der Waals surface area contributed by atoms with Crippen LogP contribution in [0.15, 0.2) is 10.6 Å². The molecule has 2 aromatic heterocycles. The summed E-state index contributed by atoms with van der Waals surface area (Å²) in [5.41, 5.74) is 6.82. The molecule has 1 unspecified atom stereocenters. The van der Waals surface area contributed by atoms with E-state index in [1.807, 2.05) is 13.0 Å². The summed E-state index contributed by atoms with van der Waals surface area (Å²) in [5, 5.41) is 4.77. The minimum atomic E-state index is 0.329. The van der Waals surface area contributed by atoms with E-state index in [1.54, 1.807) is 0 Å². The van der Waals surface area contributed by atoms with Gasteiger partial charge in [-0.1, -0.05) is 19.0 Å². The molecule has 0 amide bonds. The molecule has 0 saturated carbocycles. The maximum Gasteiger partial charge on any atom is 0.268 e. The van der Waals surface area contributed by atoms with Crippen molar-refractivity contribution in [3.8, 4) is 10.8 Å². The fourth-order valence-corrected chi connectivity index (χ4v) is 2.29.